The number of hydrogen-bond donors (Lipinski definition) is 0. The first-order chi connectivity index (χ1) is 12.6. The van der Waals surface area contributed by atoms with Crippen LogP contribution in [0.2, 0.25) is 0 Å². The highest BCUT2D eigenvalue weighted by Gasteiger charge is 2.27. The number of esters is 1. The molecule has 0 radical (unpaired) electrons. The summed E-state index contributed by atoms with van der Waals surface area (Å²) in [5.41, 5.74) is 2.98. The van der Waals surface area contributed by atoms with E-state index in [1.54, 1.807) is 21.3 Å². The second-order valence-electron chi connectivity index (χ2n) is 5.95. The molecule has 0 bridgehead atoms. The number of hydrogen-bond acceptors (Lipinski definition) is 6. The highest BCUT2D eigenvalue weighted by atomic mass is 16.6. The standard InChI is InChI=1S/C20H22O6/c1-12(21)26-17-11-13(10-15-7-8-25-18(15)17)9-14-5-6-16(22-2)20(24-4)19(14)23-3/h5-6,9,11H,7-8,10H2,1-4H3/b13-9-. The van der Waals surface area contributed by atoms with Gasteiger partial charge in [0.2, 0.25) is 5.75 Å². The van der Waals surface area contributed by atoms with Crippen molar-refractivity contribution in [3.63, 3.8) is 0 Å². The molecule has 26 heavy (non-hydrogen) atoms. The highest BCUT2D eigenvalue weighted by molar-refractivity contribution is 5.72. The van der Waals surface area contributed by atoms with Gasteiger partial charge in [-0.1, -0.05) is 0 Å². The monoisotopic (exact) mass is 358 g/mol. The molecule has 0 saturated carbocycles. The van der Waals surface area contributed by atoms with Crippen LogP contribution in [0.4, 0.5) is 0 Å². The molecule has 2 aliphatic rings. The smallest absolute Gasteiger partial charge is 0.308 e. The van der Waals surface area contributed by atoms with Crippen LogP contribution in [0, 0.1) is 0 Å². The molecule has 1 aliphatic carbocycles. The summed E-state index contributed by atoms with van der Waals surface area (Å²) < 4.78 is 27.3. The number of carbonyl (C=O) groups excluding carboxylic acids is 1. The second kappa shape index (κ2) is 7.56. The van der Waals surface area contributed by atoms with Crippen LogP contribution in [-0.4, -0.2) is 33.9 Å². The summed E-state index contributed by atoms with van der Waals surface area (Å²) >= 11 is 0. The lowest BCUT2D eigenvalue weighted by Gasteiger charge is -2.18. The molecule has 0 amide bonds. The van der Waals surface area contributed by atoms with Crippen LogP contribution in [-0.2, 0) is 14.3 Å². The topological polar surface area (TPSA) is 63.2 Å². The van der Waals surface area contributed by atoms with Crippen molar-refractivity contribution in [1.82, 2.24) is 0 Å². The minimum atomic E-state index is -0.372. The first kappa shape index (κ1) is 17.9. The average Bonchev–Trinajstić information content (AvgIpc) is 3.09. The van der Waals surface area contributed by atoms with E-state index in [9.17, 15) is 4.79 Å². The maximum atomic E-state index is 11.4. The van der Waals surface area contributed by atoms with E-state index in [4.69, 9.17) is 23.7 Å². The zero-order valence-corrected chi connectivity index (χ0v) is 15.4. The van der Waals surface area contributed by atoms with Gasteiger partial charge in [-0.25, -0.2) is 0 Å². The lowest BCUT2D eigenvalue weighted by atomic mass is 9.94. The van der Waals surface area contributed by atoms with Gasteiger partial charge >= 0.3 is 5.97 Å². The van der Waals surface area contributed by atoms with E-state index < -0.39 is 0 Å². The molecule has 1 heterocycles. The number of rotatable bonds is 5. The maximum absolute atomic E-state index is 11.4. The second-order valence-corrected chi connectivity index (χ2v) is 5.95. The van der Waals surface area contributed by atoms with Gasteiger partial charge in [0.1, 0.15) is 0 Å². The molecule has 138 valence electrons. The van der Waals surface area contributed by atoms with Gasteiger partial charge in [-0.2, -0.15) is 0 Å². The Morgan fingerprint density at radius 3 is 2.54 bits per heavy atom. The third kappa shape index (κ3) is 3.40. The van der Waals surface area contributed by atoms with Crippen LogP contribution in [0.5, 0.6) is 17.2 Å². The summed E-state index contributed by atoms with van der Waals surface area (Å²) in [6, 6.07) is 3.73. The van der Waals surface area contributed by atoms with E-state index in [0.29, 0.717) is 35.4 Å². The van der Waals surface area contributed by atoms with Crippen molar-refractivity contribution >= 4 is 12.0 Å². The van der Waals surface area contributed by atoms with Crippen LogP contribution in [0.1, 0.15) is 25.3 Å². The molecule has 1 aromatic carbocycles. The van der Waals surface area contributed by atoms with E-state index in [1.165, 1.54) is 6.92 Å². The Kier molecular flexibility index (Phi) is 5.21. The van der Waals surface area contributed by atoms with Gasteiger partial charge in [-0.15, -0.1) is 0 Å². The minimum absolute atomic E-state index is 0.372. The van der Waals surface area contributed by atoms with Gasteiger partial charge in [-0.3, -0.25) is 4.79 Å². The number of allylic oxidation sites excluding steroid dienone is 2. The van der Waals surface area contributed by atoms with Gasteiger partial charge in [0.25, 0.3) is 0 Å². The summed E-state index contributed by atoms with van der Waals surface area (Å²) in [4.78, 5) is 11.4. The van der Waals surface area contributed by atoms with E-state index in [-0.39, 0.29) is 5.97 Å². The Bertz CT molecular complexity index is 816. The largest absolute Gasteiger partial charge is 0.493 e. The molecule has 0 spiro atoms. The molecule has 0 unspecified atom stereocenters. The number of methoxy groups -OCH3 is 3. The Morgan fingerprint density at radius 2 is 1.88 bits per heavy atom. The summed E-state index contributed by atoms with van der Waals surface area (Å²) in [6.45, 7) is 1.99. The molecular formula is C20H22O6. The van der Waals surface area contributed by atoms with E-state index >= 15 is 0 Å². The van der Waals surface area contributed by atoms with Crippen molar-refractivity contribution in [2.75, 3.05) is 27.9 Å². The zero-order chi connectivity index (χ0) is 18.7. The van der Waals surface area contributed by atoms with Gasteiger partial charge < -0.3 is 23.7 Å². The molecule has 1 aliphatic heterocycles. The van der Waals surface area contributed by atoms with Crippen molar-refractivity contribution in [1.29, 1.82) is 0 Å². The molecule has 0 N–H and O–H groups in total. The summed E-state index contributed by atoms with van der Waals surface area (Å²) in [6.07, 6.45) is 5.39. The molecular weight excluding hydrogens is 336 g/mol. The minimum Gasteiger partial charge on any atom is -0.493 e. The third-order valence-corrected chi connectivity index (χ3v) is 4.26. The van der Waals surface area contributed by atoms with E-state index in [2.05, 4.69) is 0 Å². The molecule has 3 rings (SSSR count). The normalized spacial score (nSPS) is 17.4. The van der Waals surface area contributed by atoms with Crippen LogP contribution in [0.3, 0.4) is 0 Å². The Hall–Kier alpha value is -2.89. The number of benzene rings is 1. The predicted octanol–water partition coefficient (Wildman–Crippen LogP) is 3.62. The first-order valence-corrected chi connectivity index (χ1v) is 8.32. The highest BCUT2D eigenvalue weighted by Crippen LogP contribution is 2.42. The fourth-order valence-corrected chi connectivity index (χ4v) is 3.20. The average molecular weight is 358 g/mol. The van der Waals surface area contributed by atoms with Crippen molar-refractivity contribution in [3.8, 4) is 17.2 Å². The quantitative estimate of drug-likeness (QED) is 0.749. The molecule has 0 saturated heterocycles. The third-order valence-electron chi connectivity index (χ3n) is 4.26. The van der Waals surface area contributed by atoms with Gasteiger partial charge in [0.05, 0.1) is 27.9 Å². The van der Waals surface area contributed by atoms with Crippen molar-refractivity contribution in [2.45, 2.75) is 19.8 Å². The summed E-state index contributed by atoms with van der Waals surface area (Å²) in [5.74, 6) is 2.50. The Morgan fingerprint density at radius 1 is 1.12 bits per heavy atom. The number of carbonyl (C=O) groups is 1. The molecule has 6 nitrogen and oxygen atoms in total. The Balaban J connectivity index is 2.02. The number of ether oxygens (including phenoxy) is 5. The van der Waals surface area contributed by atoms with Crippen LogP contribution in [0.15, 0.2) is 40.9 Å². The van der Waals surface area contributed by atoms with Gasteiger partial charge in [0, 0.05) is 18.9 Å². The Labute approximate surface area is 152 Å². The van der Waals surface area contributed by atoms with Crippen LogP contribution < -0.4 is 14.2 Å². The van der Waals surface area contributed by atoms with Crippen molar-refractivity contribution in [3.05, 3.63) is 46.4 Å². The lowest BCUT2D eigenvalue weighted by molar-refractivity contribution is -0.137. The maximum Gasteiger partial charge on any atom is 0.308 e. The van der Waals surface area contributed by atoms with Crippen LogP contribution >= 0.6 is 0 Å². The fraction of sp³-hybridized carbons (Fsp3) is 0.350. The van der Waals surface area contributed by atoms with E-state index in [1.807, 2.05) is 24.3 Å². The van der Waals surface area contributed by atoms with Gasteiger partial charge in [-0.05, 0) is 41.9 Å². The fourth-order valence-electron chi connectivity index (χ4n) is 3.20. The van der Waals surface area contributed by atoms with Crippen molar-refractivity contribution in [2.24, 2.45) is 0 Å². The van der Waals surface area contributed by atoms with Gasteiger partial charge in [0.15, 0.2) is 23.0 Å². The molecule has 0 atom stereocenters. The van der Waals surface area contributed by atoms with Crippen LogP contribution in [0.25, 0.3) is 6.08 Å². The SMILES string of the molecule is COc1ccc(/C=C2\C=C(OC(C)=O)C3=C(CCO3)C2)c(OC)c1OC. The molecule has 0 fully saturated rings. The summed E-state index contributed by atoms with van der Waals surface area (Å²) in [5, 5.41) is 0. The molecule has 6 heteroatoms. The first-order valence-electron chi connectivity index (χ1n) is 8.32. The summed E-state index contributed by atoms with van der Waals surface area (Å²) in [7, 11) is 4.74. The van der Waals surface area contributed by atoms with Crippen molar-refractivity contribution < 1.29 is 28.5 Å². The predicted molar refractivity (Wildman–Crippen MR) is 96.1 cm³/mol. The van der Waals surface area contributed by atoms with E-state index in [0.717, 1.165) is 29.6 Å². The molecule has 0 aromatic heterocycles. The molecule has 1 aromatic rings. The zero-order valence-electron chi connectivity index (χ0n) is 15.4. The lowest BCUT2D eigenvalue weighted by Crippen LogP contribution is -2.07.